The molecule has 94 valence electrons. The minimum Gasteiger partial charge on any atom is -0.494 e. The molecule has 0 aromatic heterocycles. The van der Waals surface area contributed by atoms with Crippen molar-refractivity contribution in [3.8, 4) is 5.75 Å². The minimum absolute atomic E-state index is 0.504. The van der Waals surface area contributed by atoms with E-state index < -0.39 is 0 Å². The maximum atomic E-state index is 5.56. The Hall–Kier alpha value is -1.02. The normalized spacial score (nSPS) is 21.2. The molecule has 0 spiro atoms. The molecule has 0 saturated heterocycles. The van der Waals surface area contributed by atoms with Crippen LogP contribution in [0.4, 0.5) is 0 Å². The maximum Gasteiger partial charge on any atom is 0.119 e. The molecule has 17 heavy (non-hydrogen) atoms. The zero-order valence-electron chi connectivity index (χ0n) is 11.1. The topological polar surface area (TPSA) is 21.3 Å². The van der Waals surface area contributed by atoms with Crippen LogP contribution >= 0.6 is 0 Å². The molecule has 2 heteroatoms. The summed E-state index contributed by atoms with van der Waals surface area (Å²) in [4.78, 5) is 0. The van der Waals surface area contributed by atoms with Gasteiger partial charge in [-0.15, -0.1) is 0 Å². The van der Waals surface area contributed by atoms with Crippen LogP contribution < -0.4 is 10.1 Å². The molecule has 0 aliphatic heterocycles. The second-order valence-corrected chi connectivity index (χ2v) is 5.62. The van der Waals surface area contributed by atoms with Crippen molar-refractivity contribution in [3.63, 3.8) is 0 Å². The van der Waals surface area contributed by atoms with Gasteiger partial charge in [-0.1, -0.05) is 32.9 Å². The lowest BCUT2D eigenvalue weighted by Gasteiger charge is -2.08. The lowest BCUT2D eigenvalue weighted by Crippen LogP contribution is -2.19. The number of ether oxygens (including phenoxy) is 1. The van der Waals surface area contributed by atoms with Crippen LogP contribution in [0.2, 0.25) is 0 Å². The third-order valence-corrected chi connectivity index (χ3v) is 3.46. The second-order valence-electron chi connectivity index (χ2n) is 5.62. The summed E-state index contributed by atoms with van der Waals surface area (Å²) < 4.78 is 5.56. The van der Waals surface area contributed by atoms with Crippen molar-refractivity contribution >= 4 is 0 Å². The summed E-state index contributed by atoms with van der Waals surface area (Å²) >= 11 is 0. The zero-order valence-corrected chi connectivity index (χ0v) is 11.1. The van der Waals surface area contributed by atoms with Crippen LogP contribution in [0.1, 0.15) is 39.2 Å². The van der Waals surface area contributed by atoms with Gasteiger partial charge >= 0.3 is 0 Å². The highest BCUT2D eigenvalue weighted by atomic mass is 16.5. The lowest BCUT2D eigenvalue weighted by molar-refractivity contribution is 0.317. The summed E-state index contributed by atoms with van der Waals surface area (Å²) in [6, 6.07) is 9.11. The molecule has 1 unspecified atom stereocenters. The summed E-state index contributed by atoms with van der Waals surface area (Å²) in [5.74, 6) is 0.974. The molecule has 0 amide bonds. The van der Waals surface area contributed by atoms with E-state index in [1.54, 1.807) is 0 Å². The van der Waals surface area contributed by atoms with E-state index in [-0.39, 0.29) is 0 Å². The molecule has 0 radical (unpaired) electrons. The van der Waals surface area contributed by atoms with Gasteiger partial charge in [0.15, 0.2) is 0 Å². The highest BCUT2D eigenvalue weighted by Crippen LogP contribution is 2.44. The molecular formula is C15H23NO. The fourth-order valence-electron chi connectivity index (χ4n) is 1.98. The standard InChI is InChI=1S/C15H23NO/c1-4-9-17-13-7-5-12(6-8-13)11-16-14-10-15(14,2)3/h5-8,14,16H,4,9-11H2,1-3H3. The SMILES string of the molecule is CCCOc1ccc(CNC2CC2(C)C)cc1. The quantitative estimate of drug-likeness (QED) is 0.813. The van der Waals surface area contributed by atoms with Crippen molar-refractivity contribution in [2.24, 2.45) is 5.41 Å². The molecule has 1 fully saturated rings. The lowest BCUT2D eigenvalue weighted by atomic mass is 10.2. The molecule has 1 saturated carbocycles. The fourth-order valence-corrected chi connectivity index (χ4v) is 1.98. The van der Waals surface area contributed by atoms with E-state index in [0.717, 1.165) is 25.3 Å². The molecule has 0 heterocycles. The van der Waals surface area contributed by atoms with Gasteiger partial charge in [0, 0.05) is 12.6 Å². The summed E-state index contributed by atoms with van der Waals surface area (Å²) in [5.41, 5.74) is 1.83. The molecule has 1 atom stereocenters. The highest BCUT2D eigenvalue weighted by molar-refractivity contribution is 5.27. The van der Waals surface area contributed by atoms with E-state index in [2.05, 4.69) is 50.4 Å². The number of nitrogens with one attached hydrogen (secondary N) is 1. The minimum atomic E-state index is 0.504. The second kappa shape index (κ2) is 5.09. The fraction of sp³-hybridized carbons (Fsp3) is 0.600. The monoisotopic (exact) mass is 233 g/mol. The Labute approximate surface area is 104 Å². The number of hydrogen-bond acceptors (Lipinski definition) is 2. The van der Waals surface area contributed by atoms with Crippen molar-refractivity contribution < 1.29 is 4.74 Å². The van der Waals surface area contributed by atoms with E-state index in [4.69, 9.17) is 4.74 Å². The summed E-state index contributed by atoms with van der Waals surface area (Å²) in [6.07, 6.45) is 2.35. The number of benzene rings is 1. The molecule has 0 bridgehead atoms. The first-order chi connectivity index (χ1) is 8.12. The van der Waals surface area contributed by atoms with Gasteiger partial charge in [0.2, 0.25) is 0 Å². The van der Waals surface area contributed by atoms with Gasteiger partial charge in [-0.3, -0.25) is 0 Å². The van der Waals surface area contributed by atoms with Gasteiger partial charge in [0.05, 0.1) is 6.61 Å². The van der Waals surface area contributed by atoms with Crippen LogP contribution in [-0.4, -0.2) is 12.6 Å². The Balaban J connectivity index is 1.78. The summed E-state index contributed by atoms with van der Waals surface area (Å²) in [7, 11) is 0. The average molecular weight is 233 g/mol. The van der Waals surface area contributed by atoms with Crippen molar-refractivity contribution in [2.45, 2.75) is 46.2 Å². The van der Waals surface area contributed by atoms with Crippen LogP contribution in [-0.2, 0) is 6.54 Å². The van der Waals surface area contributed by atoms with Gasteiger partial charge in [-0.25, -0.2) is 0 Å². The predicted molar refractivity (Wildman–Crippen MR) is 71.3 cm³/mol. The van der Waals surface area contributed by atoms with Crippen LogP contribution in [0, 0.1) is 5.41 Å². The largest absolute Gasteiger partial charge is 0.494 e. The van der Waals surface area contributed by atoms with Gasteiger partial charge < -0.3 is 10.1 Å². The molecule has 1 aliphatic rings. The molecule has 1 aliphatic carbocycles. The smallest absolute Gasteiger partial charge is 0.119 e. The first-order valence-corrected chi connectivity index (χ1v) is 6.57. The zero-order chi connectivity index (χ0) is 12.3. The predicted octanol–water partition coefficient (Wildman–Crippen LogP) is 3.36. The van der Waals surface area contributed by atoms with Gasteiger partial charge in [-0.05, 0) is 36.0 Å². The van der Waals surface area contributed by atoms with E-state index >= 15 is 0 Å². The summed E-state index contributed by atoms with van der Waals surface area (Å²) in [6.45, 7) is 8.50. The Morgan fingerprint density at radius 1 is 1.29 bits per heavy atom. The van der Waals surface area contributed by atoms with Crippen LogP contribution in [0.15, 0.2) is 24.3 Å². The number of hydrogen-bond donors (Lipinski definition) is 1. The third kappa shape index (κ3) is 3.47. The van der Waals surface area contributed by atoms with Crippen molar-refractivity contribution in [1.29, 1.82) is 0 Å². The average Bonchev–Trinajstić information content (AvgIpc) is 2.93. The van der Waals surface area contributed by atoms with E-state index in [1.165, 1.54) is 12.0 Å². The molecule has 2 nitrogen and oxygen atoms in total. The third-order valence-electron chi connectivity index (χ3n) is 3.46. The molecule has 1 N–H and O–H groups in total. The van der Waals surface area contributed by atoms with Crippen molar-refractivity contribution in [2.75, 3.05) is 6.61 Å². The van der Waals surface area contributed by atoms with Gasteiger partial charge in [0.1, 0.15) is 5.75 Å². The Morgan fingerprint density at radius 3 is 2.47 bits per heavy atom. The highest BCUT2D eigenvalue weighted by Gasteiger charge is 2.44. The van der Waals surface area contributed by atoms with Crippen molar-refractivity contribution in [1.82, 2.24) is 5.32 Å². The van der Waals surface area contributed by atoms with Crippen LogP contribution in [0.3, 0.4) is 0 Å². The van der Waals surface area contributed by atoms with E-state index in [9.17, 15) is 0 Å². The maximum absolute atomic E-state index is 5.56. The van der Waals surface area contributed by atoms with E-state index in [1.807, 2.05) is 0 Å². The Morgan fingerprint density at radius 2 is 1.94 bits per heavy atom. The summed E-state index contributed by atoms with van der Waals surface area (Å²) in [5, 5.41) is 3.58. The van der Waals surface area contributed by atoms with Gasteiger partial charge in [0.25, 0.3) is 0 Å². The van der Waals surface area contributed by atoms with Gasteiger partial charge in [-0.2, -0.15) is 0 Å². The molecule has 2 rings (SSSR count). The van der Waals surface area contributed by atoms with E-state index in [0.29, 0.717) is 11.5 Å². The van der Waals surface area contributed by atoms with Crippen LogP contribution in [0.25, 0.3) is 0 Å². The first kappa shape index (κ1) is 12.4. The van der Waals surface area contributed by atoms with Crippen molar-refractivity contribution in [3.05, 3.63) is 29.8 Å². The first-order valence-electron chi connectivity index (χ1n) is 6.57. The van der Waals surface area contributed by atoms with Crippen LogP contribution in [0.5, 0.6) is 5.75 Å². The molecular weight excluding hydrogens is 210 g/mol. The Bertz CT molecular complexity index is 356. The molecule has 1 aromatic rings. The Kier molecular flexibility index (Phi) is 3.72. The molecule has 1 aromatic carbocycles. The number of rotatable bonds is 6.